The number of benzene rings is 2. The van der Waals surface area contributed by atoms with Gasteiger partial charge in [-0.25, -0.2) is 4.79 Å². The number of imidazole rings is 1. The molecule has 26 heavy (non-hydrogen) atoms. The molecule has 4 rings (SSSR count). The Morgan fingerprint density at radius 1 is 1.19 bits per heavy atom. The number of carbonyl (C=O) groups excluding carboxylic acids is 1. The summed E-state index contributed by atoms with van der Waals surface area (Å²) in [4.78, 5) is 27.1. The number of aromatic amines is 1. The van der Waals surface area contributed by atoms with Crippen molar-refractivity contribution in [2.45, 2.75) is 19.4 Å². The van der Waals surface area contributed by atoms with Gasteiger partial charge in [-0.2, -0.15) is 0 Å². The summed E-state index contributed by atoms with van der Waals surface area (Å²) in [6.45, 7) is 1.13. The molecule has 0 spiro atoms. The van der Waals surface area contributed by atoms with Crippen LogP contribution in [0.1, 0.15) is 12.0 Å². The highest BCUT2D eigenvalue weighted by atomic mass is 16.5. The molecule has 0 fully saturated rings. The van der Waals surface area contributed by atoms with Gasteiger partial charge in [-0.05, 0) is 36.6 Å². The Hall–Kier alpha value is -3.02. The average molecular weight is 352 g/mol. The van der Waals surface area contributed by atoms with Crippen LogP contribution in [-0.2, 0) is 22.5 Å². The number of aromatic nitrogens is 2. The number of H-pyrrole nitrogens is 1. The minimum Gasteiger partial charge on any atom is -0.492 e. The number of hydrogen-bond donors (Lipinski definition) is 1. The fourth-order valence-electron chi connectivity index (χ4n) is 3.32. The van der Waals surface area contributed by atoms with E-state index in [0.717, 1.165) is 22.3 Å². The molecule has 134 valence electrons. The van der Waals surface area contributed by atoms with Gasteiger partial charge in [0.05, 0.1) is 23.6 Å². The summed E-state index contributed by atoms with van der Waals surface area (Å²) in [5, 5.41) is 0. The second-order valence-corrected chi connectivity index (χ2v) is 6.44. The van der Waals surface area contributed by atoms with Crippen LogP contribution in [0, 0.1) is 5.92 Å². The molecule has 1 aliphatic heterocycles. The van der Waals surface area contributed by atoms with E-state index in [4.69, 9.17) is 9.47 Å². The Balaban J connectivity index is 1.30. The quantitative estimate of drug-likeness (QED) is 0.566. The fourth-order valence-corrected chi connectivity index (χ4v) is 3.32. The topological polar surface area (TPSA) is 73.3 Å². The summed E-state index contributed by atoms with van der Waals surface area (Å²) in [5.41, 5.74) is 2.56. The molecular weight excluding hydrogens is 332 g/mol. The molecule has 1 atom stereocenters. The first-order valence-corrected chi connectivity index (χ1v) is 8.77. The van der Waals surface area contributed by atoms with Crippen LogP contribution >= 0.6 is 0 Å². The normalized spacial score (nSPS) is 16.1. The summed E-state index contributed by atoms with van der Waals surface area (Å²) in [5.74, 6) is 0.321. The van der Waals surface area contributed by atoms with Crippen LogP contribution in [0.2, 0.25) is 0 Å². The van der Waals surface area contributed by atoms with Crippen LogP contribution in [0.3, 0.4) is 0 Å². The number of carbonyl (C=O) groups is 1. The number of nitrogens with zero attached hydrogens (tertiary/aromatic N) is 1. The first-order chi connectivity index (χ1) is 12.7. The first-order valence-electron chi connectivity index (χ1n) is 8.77. The number of rotatable bonds is 5. The highest BCUT2D eigenvalue weighted by Crippen LogP contribution is 2.27. The molecule has 0 radical (unpaired) electrons. The number of aryl methyl sites for hydroxylation is 1. The van der Waals surface area contributed by atoms with Crippen molar-refractivity contribution in [2.75, 3.05) is 13.2 Å². The van der Waals surface area contributed by atoms with E-state index >= 15 is 0 Å². The van der Waals surface area contributed by atoms with Gasteiger partial charge < -0.3 is 14.5 Å². The molecule has 0 saturated heterocycles. The number of para-hydroxylation sites is 3. The second kappa shape index (κ2) is 7.07. The smallest absolute Gasteiger partial charge is 0.326 e. The minimum absolute atomic E-state index is 0.144. The predicted molar refractivity (Wildman–Crippen MR) is 97.3 cm³/mol. The van der Waals surface area contributed by atoms with Crippen LogP contribution < -0.4 is 10.4 Å². The average Bonchev–Trinajstić information content (AvgIpc) is 3.00. The zero-order valence-corrected chi connectivity index (χ0v) is 14.3. The van der Waals surface area contributed by atoms with E-state index in [-0.39, 0.29) is 24.2 Å². The van der Waals surface area contributed by atoms with Crippen LogP contribution in [-0.4, -0.2) is 28.7 Å². The van der Waals surface area contributed by atoms with E-state index in [0.29, 0.717) is 26.0 Å². The zero-order valence-electron chi connectivity index (χ0n) is 14.3. The van der Waals surface area contributed by atoms with Crippen LogP contribution in [0.5, 0.6) is 5.75 Å². The molecule has 6 nitrogen and oxygen atoms in total. The van der Waals surface area contributed by atoms with Crippen molar-refractivity contribution >= 4 is 17.0 Å². The highest BCUT2D eigenvalue weighted by molar-refractivity contribution is 5.75. The van der Waals surface area contributed by atoms with E-state index in [9.17, 15) is 9.59 Å². The zero-order chi connectivity index (χ0) is 17.9. The standard InChI is InChI=1S/C20H20N2O4/c23-19(15-12-14-6-1-4-9-18(14)26-13-15)25-11-5-10-22-17-8-3-2-7-16(17)21-20(22)24/h1-4,6-9,15H,5,10-13H2,(H,21,24)/t15-/m0/s1. The Kier molecular flexibility index (Phi) is 4.48. The lowest BCUT2D eigenvalue weighted by molar-refractivity contribution is -0.150. The molecule has 1 aromatic heterocycles. The van der Waals surface area contributed by atoms with Crippen molar-refractivity contribution in [3.05, 3.63) is 64.6 Å². The largest absolute Gasteiger partial charge is 0.492 e. The monoisotopic (exact) mass is 352 g/mol. The lowest BCUT2D eigenvalue weighted by Crippen LogP contribution is -2.30. The maximum atomic E-state index is 12.3. The molecule has 0 bridgehead atoms. The van der Waals surface area contributed by atoms with Crippen molar-refractivity contribution in [2.24, 2.45) is 5.92 Å². The third kappa shape index (κ3) is 3.22. The lowest BCUT2D eigenvalue weighted by atomic mass is 9.97. The summed E-state index contributed by atoms with van der Waals surface area (Å²) in [7, 11) is 0. The molecule has 6 heteroatoms. The number of hydrogen-bond acceptors (Lipinski definition) is 4. The molecule has 0 unspecified atom stereocenters. The van der Waals surface area contributed by atoms with Crippen molar-refractivity contribution < 1.29 is 14.3 Å². The van der Waals surface area contributed by atoms with E-state index in [1.54, 1.807) is 4.57 Å². The van der Waals surface area contributed by atoms with Crippen LogP contribution in [0.4, 0.5) is 0 Å². The number of nitrogens with one attached hydrogen (secondary N) is 1. The molecule has 1 aliphatic rings. The highest BCUT2D eigenvalue weighted by Gasteiger charge is 2.26. The van der Waals surface area contributed by atoms with Crippen LogP contribution in [0.25, 0.3) is 11.0 Å². The van der Waals surface area contributed by atoms with Gasteiger partial charge in [0.1, 0.15) is 12.4 Å². The fraction of sp³-hybridized carbons (Fsp3) is 0.300. The third-order valence-corrected chi connectivity index (χ3v) is 4.66. The molecular formula is C20H20N2O4. The number of esters is 1. The molecule has 0 amide bonds. The van der Waals surface area contributed by atoms with Gasteiger partial charge in [-0.15, -0.1) is 0 Å². The second-order valence-electron chi connectivity index (χ2n) is 6.44. The van der Waals surface area contributed by atoms with Crippen molar-refractivity contribution in [3.63, 3.8) is 0 Å². The summed E-state index contributed by atoms with van der Waals surface area (Å²) >= 11 is 0. The number of fused-ring (bicyclic) bond motifs is 2. The summed E-state index contributed by atoms with van der Waals surface area (Å²) < 4.78 is 12.7. The van der Waals surface area contributed by atoms with Crippen molar-refractivity contribution in [3.8, 4) is 5.75 Å². The SMILES string of the molecule is O=C(OCCCn1c(=O)[nH]c2ccccc21)[C@@H]1COc2ccccc2C1. The van der Waals surface area contributed by atoms with Gasteiger partial charge in [0, 0.05) is 6.54 Å². The van der Waals surface area contributed by atoms with E-state index in [2.05, 4.69) is 4.98 Å². The maximum Gasteiger partial charge on any atom is 0.326 e. The van der Waals surface area contributed by atoms with Crippen molar-refractivity contribution in [1.29, 1.82) is 0 Å². The van der Waals surface area contributed by atoms with E-state index in [1.807, 2.05) is 48.5 Å². The van der Waals surface area contributed by atoms with Crippen molar-refractivity contribution in [1.82, 2.24) is 9.55 Å². The molecule has 0 aliphatic carbocycles. The number of ether oxygens (including phenoxy) is 2. The van der Waals surface area contributed by atoms with E-state index < -0.39 is 0 Å². The van der Waals surface area contributed by atoms with Gasteiger partial charge in [0.25, 0.3) is 0 Å². The van der Waals surface area contributed by atoms with Crippen LogP contribution in [0.15, 0.2) is 53.3 Å². The van der Waals surface area contributed by atoms with Gasteiger partial charge in [0.2, 0.25) is 0 Å². The maximum absolute atomic E-state index is 12.3. The Morgan fingerprint density at radius 2 is 2.00 bits per heavy atom. The van der Waals surface area contributed by atoms with Gasteiger partial charge >= 0.3 is 11.7 Å². The summed E-state index contributed by atoms with van der Waals surface area (Å²) in [6.07, 6.45) is 1.22. The lowest BCUT2D eigenvalue weighted by Gasteiger charge is -2.23. The van der Waals surface area contributed by atoms with Gasteiger partial charge in [0.15, 0.2) is 0 Å². The minimum atomic E-state index is -0.277. The Labute approximate surface area is 150 Å². The van der Waals surface area contributed by atoms with E-state index in [1.165, 1.54) is 0 Å². The van der Waals surface area contributed by atoms with Gasteiger partial charge in [-0.1, -0.05) is 30.3 Å². The molecule has 2 heterocycles. The first kappa shape index (κ1) is 16.4. The summed E-state index contributed by atoms with van der Waals surface area (Å²) in [6, 6.07) is 15.3. The Morgan fingerprint density at radius 3 is 2.92 bits per heavy atom. The Bertz CT molecular complexity index is 989. The van der Waals surface area contributed by atoms with Gasteiger partial charge in [-0.3, -0.25) is 9.36 Å². The molecule has 0 saturated carbocycles. The molecule has 1 N–H and O–H groups in total. The third-order valence-electron chi connectivity index (χ3n) is 4.66. The molecule has 3 aromatic rings. The molecule has 2 aromatic carbocycles. The predicted octanol–water partition coefficient (Wildman–Crippen LogP) is 2.51.